The van der Waals surface area contributed by atoms with Gasteiger partial charge in [0.15, 0.2) is 5.82 Å². The average molecular weight is 355 g/mol. The lowest BCUT2D eigenvalue weighted by Crippen LogP contribution is -2.26. The standard InChI is InChI=1S/C18H18FN5O2/c19-14-7-22-18(23-8-14)24-9-15-13(11-26-16(15)10-24)3-4-25-17-2-1-12(5-20)6-21-17/h1-2,6-8,13,15-16H,3-4,9-11H2/t13-,15-,16-/m1/s1. The van der Waals surface area contributed by atoms with E-state index in [-0.39, 0.29) is 6.10 Å². The van der Waals surface area contributed by atoms with Crippen LogP contribution in [0.15, 0.2) is 30.7 Å². The van der Waals surface area contributed by atoms with Gasteiger partial charge < -0.3 is 14.4 Å². The molecule has 4 rings (SSSR count). The van der Waals surface area contributed by atoms with E-state index in [4.69, 9.17) is 14.7 Å². The highest BCUT2D eigenvalue weighted by Crippen LogP contribution is 2.36. The van der Waals surface area contributed by atoms with E-state index in [0.717, 1.165) is 26.1 Å². The molecular weight excluding hydrogens is 337 g/mol. The number of hydrogen-bond acceptors (Lipinski definition) is 7. The third kappa shape index (κ3) is 3.44. The normalized spacial score (nSPS) is 24.3. The third-order valence-electron chi connectivity index (χ3n) is 4.93. The number of nitrogens with zero attached hydrogens (tertiary/aromatic N) is 5. The van der Waals surface area contributed by atoms with Crippen molar-refractivity contribution in [3.05, 3.63) is 42.1 Å². The number of anilines is 1. The number of halogens is 1. The Hall–Kier alpha value is -2.79. The third-order valence-corrected chi connectivity index (χ3v) is 4.93. The zero-order valence-corrected chi connectivity index (χ0v) is 14.1. The maximum atomic E-state index is 13.0. The van der Waals surface area contributed by atoms with Crippen molar-refractivity contribution in [3.8, 4) is 11.9 Å². The maximum Gasteiger partial charge on any atom is 0.225 e. The molecule has 0 aromatic carbocycles. The Labute approximate surface area is 150 Å². The number of fused-ring (bicyclic) bond motifs is 1. The summed E-state index contributed by atoms with van der Waals surface area (Å²) in [6.45, 7) is 2.79. The Morgan fingerprint density at radius 1 is 1.23 bits per heavy atom. The lowest BCUT2D eigenvalue weighted by atomic mass is 9.91. The topological polar surface area (TPSA) is 84.2 Å². The molecule has 2 fully saturated rings. The lowest BCUT2D eigenvalue weighted by molar-refractivity contribution is 0.110. The molecule has 0 unspecified atom stereocenters. The van der Waals surface area contributed by atoms with Gasteiger partial charge >= 0.3 is 0 Å². The summed E-state index contributed by atoms with van der Waals surface area (Å²) >= 11 is 0. The Kier molecular flexibility index (Phi) is 4.63. The first kappa shape index (κ1) is 16.7. The van der Waals surface area contributed by atoms with E-state index in [2.05, 4.69) is 15.0 Å². The monoisotopic (exact) mass is 355 g/mol. The van der Waals surface area contributed by atoms with E-state index in [0.29, 0.717) is 35.8 Å². The van der Waals surface area contributed by atoms with Crippen LogP contribution in [-0.2, 0) is 4.74 Å². The zero-order chi connectivity index (χ0) is 17.9. The molecule has 7 nitrogen and oxygen atoms in total. The molecule has 0 N–H and O–H groups in total. The molecule has 0 saturated carbocycles. The summed E-state index contributed by atoms with van der Waals surface area (Å²) in [6, 6.07) is 5.42. The Balaban J connectivity index is 1.30. The molecule has 8 heteroatoms. The largest absolute Gasteiger partial charge is 0.478 e. The van der Waals surface area contributed by atoms with E-state index in [1.807, 2.05) is 11.0 Å². The number of rotatable bonds is 5. The van der Waals surface area contributed by atoms with E-state index >= 15 is 0 Å². The lowest BCUT2D eigenvalue weighted by Gasteiger charge is -2.19. The molecule has 0 aliphatic carbocycles. The quantitative estimate of drug-likeness (QED) is 0.808. The van der Waals surface area contributed by atoms with Gasteiger partial charge in [0.05, 0.1) is 37.3 Å². The minimum atomic E-state index is -0.434. The first-order chi connectivity index (χ1) is 12.7. The van der Waals surface area contributed by atoms with Crippen LogP contribution in [0, 0.1) is 29.0 Å². The Bertz CT molecular complexity index is 793. The Morgan fingerprint density at radius 2 is 2.08 bits per heavy atom. The van der Waals surface area contributed by atoms with Gasteiger partial charge in [0.1, 0.15) is 6.07 Å². The molecule has 134 valence electrons. The van der Waals surface area contributed by atoms with Crippen LogP contribution in [0.1, 0.15) is 12.0 Å². The van der Waals surface area contributed by atoms with Crippen LogP contribution in [0.4, 0.5) is 10.3 Å². The average Bonchev–Trinajstić information content (AvgIpc) is 3.25. The second-order valence-corrected chi connectivity index (χ2v) is 6.54. The fourth-order valence-electron chi connectivity index (χ4n) is 3.58. The smallest absolute Gasteiger partial charge is 0.225 e. The molecule has 2 aromatic heterocycles. The number of pyridine rings is 1. The number of aromatic nitrogens is 3. The van der Waals surface area contributed by atoms with Gasteiger partial charge in [-0.05, 0) is 18.4 Å². The van der Waals surface area contributed by atoms with Gasteiger partial charge in [-0.15, -0.1) is 0 Å². The van der Waals surface area contributed by atoms with Crippen LogP contribution in [0.25, 0.3) is 0 Å². The SMILES string of the molecule is N#Cc1ccc(OCC[C@@H]2CO[C@@H]3CN(c4ncc(F)cn4)C[C@H]23)nc1. The van der Waals surface area contributed by atoms with Crippen molar-refractivity contribution < 1.29 is 13.9 Å². The first-order valence-corrected chi connectivity index (χ1v) is 8.56. The van der Waals surface area contributed by atoms with E-state index in [9.17, 15) is 4.39 Å². The molecule has 3 atom stereocenters. The number of ether oxygens (including phenoxy) is 2. The second kappa shape index (κ2) is 7.22. The van der Waals surface area contributed by atoms with Gasteiger partial charge in [-0.25, -0.2) is 19.3 Å². The van der Waals surface area contributed by atoms with Gasteiger partial charge in [0.2, 0.25) is 11.8 Å². The fraction of sp³-hybridized carbons (Fsp3) is 0.444. The minimum Gasteiger partial charge on any atom is -0.478 e. The van der Waals surface area contributed by atoms with E-state index < -0.39 is 5.82 Å². The van der Waals surface area contributed by atoms with Crippen molar-refractivity contribution in [2.45, 2.75) is 12.5 Å². The highest BCUT2D eigenvalue weighted by atomic mass is 19.1. The predicted molar refractivity (Wildman–Crippen MR) is 90.0 cm³/mol. The van der Waals surface area contributed by atoms with Crippen molar-refractivity contribution in [1.82, 2.24) is 15.0 Å². The van der Waals surface area contributed by atoms with Gasteiger partial charge in [0, 0.05) is 31.3 Å². The summed E-state index contributed by atoms with van der Waals surface area (Å²) in [4.78, 5) is 14.3. The molecule has 4 heterocycles. The van der Waals surface area contributed by atoms with Crippen molar-refractivity contribution in [3.63, 3.8) is 0 Å². The number of hydrogen-bond donors (Lipinski definition) is 0. The molecule has 2 aromatic rings. The van der Waals surface area contributed by atoms with Crippen LogP contribution >= 0.6 is 0 Å². The molecule has 26 heavy (non-hydrogen) atoms. The van der Waals surface area contributed by atoms with Crippen molar-refractivity contribution >= 4 is 5.95 Å². The molecule has 2 aliphatic rings. The molecular formula is C18H18FN5O2. The summed E-state index contributed by atoms with van der Waals surface area (Å²) in [5, 5.41) is 8.78. The highest BCUT2D eigenvalue weighted by molar-refractivity contribution is 5.32. The second-order valence-electron chi connectivity index (χ2n) is 6.54. The molecule has 2 aliphatic heterocycles. The van der Waals surface area contributed by atoms with Crippen LogP contribution in [-0.4, -0.2) is 47.4 Å². The molecule has 0 spiro atoms. The molecule has 0 bridgehead atoms. The fourth-order valence-corrected chi connectivity index (χ4v) is 3.58. The summed E-state index contributed by atoms with van der Waals surface area (Å²) in [7, 11) is 0. The summed E-state index contributed by atoms with van der Waals surface area (Å²) < 4.78 is 24.6. The van der Waals surface area contributed by atoms with Gasteiger partial charge in [0.25, 0.3) is 0 Å². The van der Waals surface area contributed by atoms with E-state index in [1.165, 1.54) is 18.6 Å². The highest BCUT2D eigenvalue weighted by Gasteiger charge is 2.44. The van der Waals surface area contributed by atoms with E-state index in [1.54, 1.807) is 12.1 Å². The molecule has 0 amide bonds. The predicted octanol–water partition coefficient (Wildman–Crippen LogP) is 1.80. The van der Waals surface area contributed by atoms with Crippen LogP contribution in [0.2, 0.25) is 0 Å². The summed E-state index contributed by atoms with van der Waals surface area (Å²) in [5.41, 5.74) is 0.512. The van der Waals surface area contributed by atoms with Crippen molar-refractivity contribution in [1.29, 1.82) is 5.26 Å². The van der Waals surface area contributed by atoms with Gasteiger partial charge in [-0.1, -0.05) is 0 Å². The van der Waals surface area contributed by atoms with Crippen molar-refractivity contribution in [2.75, 3.05) is 31.2 Å². The Morgan fingerprint density at radius 3 is 2.81 bits per heavy atom. The number of nitriles is 1. The van der Waals surface area contributed by atoms with Gasteiger partial charge in [-0.3, -0.25) is 0 Å². The van der Waals surface area contributed by atoms with Crippen molar-refractivity contribution in [2.24, 2.45) is 11.8 Å². The molecule has 0 radical (unpaired) electrons. The minimum absolute atomic E-state index is 0.154. The zero-order valence-electron chi connectivity index (χ0n) is 14.1. The first-order valence-electron chi connectivity index (χ1n) is 8.56. The van der Waals surface area contributed by atoms with Crippen LogP contribution in [0.3, 0.4) is 0 Å². The molecule has 2 saturated heterocycles. The summed E-state index contributed by atoms with van der Waals surface area (Å²) in [6.07, 6.45) is 4.89. The van der Waals surface area contributed by atoms with Gasteiger partial charge in [-0.2, -0.15) is 5.26 Å². The van der Waals surface area contributed by atoms with Crippen LogP contribution in [0.5, 0.6) is 5.88 Å². The van der Waals surface area contributed by atoms with Crippen LogP contribution < -0.4 is 9.64 Å². The summed E-state index contributed by atoms with van der Waals surface area (Å²) in [5.74, 6) is 1.41. The maximum absolute atomic E-state index is 13.0.